The Morgan fingerprint density at radius 1 is 1.25 bits per heavy atom. The first-order valence-corrected chi connectivity index (χ1v) is 9.90. The van der Waals surface area contributed by atoms with Crippen LogP contribution in [-0.4, -0.2) is 74.8 Å². The van der Waals surface area contributed by atoms with Gasteiger partial charge in [0, 0.05) is 38.7 Å². The second kappa shape index (κ2) is 10.2. The summed E-state index contributed by atoms with van der Waals surface area (Å²) in [6.07, 6.45) is 5.15. The van der Waals surface area contributed by atoms with E-state index in [9.17, 15) is 0 Å². The Hall–Kier alpha value is -0.810. The molecule has 0 bridgehead atoms. The molecule has 2 aliphatic rings. The summed E-state index contributed by atoms with van der Waals surface area (Å²) < 4.78 is 5.33. The summed E-state index contributed by atoms with van der Waals surface area (Å²) >= 11 is 0. The SMILES string of the molecule is CCNC(=NCC(CC(C)C)N1CCCC1)N1CCC(COC)C1. The molecule has 140 valence electrons. The fourth-order valence-electron chi connectivity index (χ4n) is 4.00. The second-order valence-electron chi connectivity index (χ2n) is 7.78. The lowest BCUT2D eigenvalue weighted by molar-refractivity contribution is 0.157. The number of methoxy groups -OCH3 is 1. The average Bonchev–Trinajstić information content (AvgIpc) is 3.21. The Bertz CT molecular complexity index is 380. The normalized spacial score (nSPS) is 24.1. The molecular formula is C19H38N4O. The Labute approximate surface area is 148 Å². The quantitative estimate of drug-likeness (QED) is 0.545. The van der Waals surface area contributed by atoms with E-state index in [1.54, 1.807) is 7.11 Å². The smallest absolute Gasteiger partial charge is 0.193 e. The fourth-order valence-corrected chi connectivity index (χ4v) is 4.00. The number of likely N-dealkylation sites (tertiary alicyclic amines) is 2. The summed E-state index contributed by atoms with van der Waals surface area (Å²) in [5.74, 6) is 2.47. The molecule has 24 heavy (non-hydrogen) atoms. The largest absolute Gasteiger partial charge is 0.384 e. The van der Waals surface area contributed by atoms with Gasteiger partial charge in [0.25, 0.3) is 0 Å². The Morgan fingerprint density at radius 3 is 2.62 bits per heavy atom. The zero-order chi connectivity index (χ0) is 17.4. The van der Waals surface area contributed by atoms with Crippen molar-refractivity contribution in [1.82, 2.24) is 15.1 Å². The van der Waals surface area contributed by atoms with E-state index >= 15 is 0 Å². The van der Waals surface area contributed by atoms with Gasteiger partial charge < -0.3 is 15.0 Å². The van der Waals surface area contributed by atoms with Crippen LogP contribution in [0.3, 0.4) is 0 Å². The molecule has 2 saturated heterocycles. The molecule has 0 aromatic heterocycles. The van der Waals surface area contributed by atoms with Crippen LogP contribution in [0.5, 0.6) is 0 Å². The Balaban J connectivity index is 1.97. The summed E-state index contributed by atoms with van der Waals surface area (Å²) in [7, 11) is 1.80. The van der Waals surface area contributed by atoms with E-state index in [1.807, 2.05) is 0 Å². The number of ether oxygens (including phenoxy) is 1. The summed E-state index contributed by atoms with van der Waals surface area (Å²) in [4.78, 5) is 10.1. The van der Waals surface area contributed by atoms with Crippen LogP contribution in [0.15, 0.2) is 4.99 Å². The van der Waals surface area contributed by atoms with Crippen molar-refractivity contribution < 1.29 is 4.74 Å². The van der Waals surface area contributed by atoms with E-state index < -0.39 is 0 Å². The second-order valence-corrected chi connectivity index (χ2v) is 7.78. The van der Waals surface area contributed by atoms with Crippen LogP contribution in [0.2, 0.25) is 0 Å². The van der Waals surface area contributed by atoms with Gasteiger partial charge in [-0.05, 0) is 51.6 Å². The van der Waals surface area contributed by atoms with Crippen molar-refractivity contribution in [3.05, 3.63) is 0 Å². The first-order valence-electron chi connectivity index (χ1n) is 9.90. The number of aliphatic imine (C=N–C) groups is 1. The molecule has 2 aliphatic heterocycles. The van der Waals surface area contributed by atoms with Crippen molar-refractivity contribution in [3.8, 4) is 0 Å². The minimum atomic E-state index is 0.596. The van der Waals surface area contributed by atoms with Gasteiger partial charge in [-0.1, -0.05) is 13.8 Å². The van der Waals surface area contributed by atoms with Crippen LogP contribution in [-0.2, 0) is 4.74 Å². The lowest BCUT2D eigenvalue weighted by Crippen LogP contribution is -2.42. The molecule has 0 amide bonds. The highest BCUT2D eigenvalue weighted by Crippen LogP contribution is 2.19. The molecule has 2 atom stereocenters. The van der Waals surface area contributed by atoms with Crippen molar-refractivity contribution in [2.75, 3.05) is 53.0 Å². The third kappa shape index (κ3) is 5.92. The lowest BCUT2D eigenvalue weighted by Gasteiger charge is -2.29. The molecule has 1 N–H and O–H groups in total. The van der Waals surface area contributed by atoms with E-state index in [0.717, 1.165) is 44.7 Å². The van der Waals surface area contributed by atoms with Gasteiger partial charge in [0.15, 0.2) is 5.96 Å². The van der Waals surface area contributed by atoms with Gasteiger partial charge in [-0.25, -0.2) is 0 Å². The van der Waals surface area contributed by atoms with Crippen molar-refractivity contribution in [1.29, 1.82) is 0 Å². The third-order valence-electron chi connectivity index (χ3n) is 5.17. The van der Waals surface area contributed by atoms with E-state index in [0.29, 0.717) is 12.0 Å². The van der Waals surface area contributed by atoms with Crippen molar-refractivity contribution >= 4 is 5.96 Å². The molecule has 2 rings (SSSR count). The highest BCUT2D eigenvalue weighted by molar-refractivity contribution is 5.80. The monoisotopic (exact) mass is 338 g/mol. The van der Waals surface area contributed by atoms with Gasteiger partial charge in [-0.3, -0.25) is 9.89 Å². The maximum Gasteiger partial charge on any atom is 0.193 e. The lowest BCUT2D eigenvalue weighted by atomic mass is 10.0. The highest BCUT2D eigenvalue weighted by Gasteiger charge is 2.26. The minimum Gasteiger partial charge on any atom is -0.384 e. The number of hydrogen-bond acceptors (Lipinski definition) is 3. The van der Waals surface area contributed by atoms with E-state index in [2.05, 4.69) is 35.9 Å². The molecule has 2 fully saturated rings. The predicted octanol–water partition coefficient (Wildman–Crippen LogP) is 2.43. The summed E-state index contributed by atoms with van der Waals surface area (Å²) in [5.41, 5.74) is 0. The predicted molar refractivity (Wildman–Crippen MR) is 102 cm³/mol. The van der Waals surface area contributed by atoms with Crippen LogP contribution in [0.1, 0.15) is 46.5 Å². The summed E-state index contributed by atoms with van der Waals surface area (Å²) in [5, 5.41) is 3.50. The highest BCUT2D eigenvalue weighted by atomic mass is 16.5. The molecule has 2 unspecified atom stereocenters. The van der Waals surface area contributed by atoms with E-state index in [4.69, 9.17) is 9.73 Å². The molecule has 0 aromatic carbocycles. The number of guanidine groups is 1. The molecular weight excluding hydrogens is 300 g/mol. The number of nitrogens with one attached hydrogen (secondary N) is 1. The number of hydrogen-bond donors (Lipinski definition) is 1. The maximum absolute atomic E-state index is 5.33. The fraction of sp³-hybridized carbons (Fsp3) is 0.947. The van der Waals surface area contributed by atoms with Gasteiger partial charge in [-0.2, -0.15) is 0 Å². The van der Waals surface area contributed by atoms with Gasteiger partial charge in [-0.15, -0.1) is 0 Å². The van der Waals surface area contributed by atoms with Gasteiger partial charge >= 0.3 is 0 Å². The van der Waals surface area contributed by atoms with Crippen molar-refractivity contribution in [2.24, 2.45) is 16.8 Å². The Morgan fingerprint density at radius 2 is 2.00 bits per heavy atom. The average molecular weight is 339 g/mol. The zero-order valence-corrected chi connectivity index (χ0v) is 16.3. The molecule has 0 spiro atoms. The van der Waals surface area contributed by atoms with Gasteiger partial charge in [0.05, 0.1) is 13.2 Å². The molecule has 0 aliphatic carbocycles. The molecule has 0 saturated carbocycles. The maximum atomic E-state index is 5.33. The minimum absolute atomic E-state index is 0.596. The van der Waals surface area contributed by atoms with Crippen LogP contribution >= 0.6 is 0 Å². The van der Waals surface area contributed by atoms with Gasteiger partial charge in [0.2, 0.25) is 0 Å². The zero-order valence-electron chi connectivity index (χ0n) is 16.3. The first-order chi connectivity index (χ1) is 11.6. The van der Waals surface area contributed by atoms with Crippen molar-refractivity contribution in [3.63, 3.8) is 0 Å². The molecule has 5 heteroatoms. The topological polar surface area (TPSA) is 40.1 Å². The van der Waals surface area contributed by atoms with E-state index in [-0.39, 0.29) is 0 Å². The molecule has 5 nitrogen and oxygen atoms in total. The Kier molecular flexibility index (Phi) is 8.33. The van der Waals surface area contributed by atoms with Crippen LogP contribution in [0.25, 0.3) is 0 Å². The number of nitrogens with zero attached hydrogens (tertiary/aromatic N) is 3. The molecule has 2 heterocycles. The standard InChI is InChI=1S/C19H38N4O/c1-5-20-19(23-11-8-17(14-23)15-24-4)21-13-18(12-16(2)3)22-9-6-7-10-22/h16-18H,5-15H2,1-4H3,(H,20,21). The van der Waals surface area contributed by atoms with Crippen LogP contribution < -0.4 is 5.32 Å². The first kappa shape index (κ1) is 19.5. The van der Waals surface area contributed by atoms with Gasteiger partial charge in [0.1, 0.15) is 0 Å². The van der Waals surface area contributed by atoms with Crippen LogP contribution in [0, 0.1) is 11.8 Å². The third-order valence-corrected chi connectivity index (χ3v) is 5.17. The summed E-state index contributed by atoms with van der Waals surface area (Å²) in [6.45, 7) is 14.2. The van der Waals surface area contributed by atoms with Crippen molar-refractivity contribution in [2.45, 2.75) is 52.5 Å². The summed E-state index contributed by atoms with van der Waals surface area (Å²) in [6, 6.07) is 0.596. The molecule has 0 radical (unpaired) electrons. The molecule has 0 aromatic rings. The number of rotatable bonds is 8. The van der Waals surface area contributed by atoms with E-state index in [1.165, 1.54) is 38.8 Å². The van der Waals surface area contributed by atoms with Crippen LogP contribution in [0.4, 0.5) is 0 Å².